The molecule has 1 aromatic rings. The number of alkyl halides is 3. The van der Waals surface area contributed by atoms with E-state index in [9.17, 15) is 26.4 Å². The van der Waals surface area contributed by atoms with Crippen molar-refractivity contribution >= 4 is 21.3 Å². The molecule has 112 valence electrons. The second-order valence-corrected chi connectivity index (χ2v) is 6.72. The standard InChI is InChI=1S/C12H14F3NO3S/c1-20(18,19)6-2-3-11(17)9-7-8(12(13,14)15)4-5-10(9)16/h4-5,7H,2-3,6,16H2,1H3. The Morgan fingerprint density at radius 2 is 1.90 bits per heavy atom. The molecule has 0 spiro atoms. The fourth-order valence-electron chi connectivity index (χ4n) is 1.60. The molecule has 0 bridgehead atoms. The molecular weight excluding hydrogens is 295 g/mol. The zero-order chi connectivity index (χ0) is 15.6. The van der Waals surface area contributed by atoms with Gasteiger partial charge in [0.05, 0.1) is 11.3 Å². The van der Waals surface area contributed by atoms with Gasteiger partial charge in [0.2, 0.25) is 0 Å². The van der Waals surface area contributed by atoms with Crippen LogP contribution in [0, 0.1) is 0 Å². The number of nitrogens with two attached hydrogens (primary N) is 1. The number of benzene rings is 1. The van der Waals surface area contributed by atoms with Crippen LogP contribution < -0.4 is 5.73 Å². The van der Waals surface area contributed by atoms with Crippen LogP contribution >= 0.6 is 0 Å². The second-order valence-electron chi connectivity index (χ2n) is 4.46. The van der Waals surface area contributed by atoms with Crippen molar-refractivity contribution in [2.24, 2.45) is 0 Å². The van der Waals surface area contributed by atoms with Crippen LogP contribution in [0.3, 0.4) is 0 Å². The monoisotopic (exact) mass is 309 g/mol. The Hall–Kier alpha value is -1.57. The molecule has 0 radical (unpaired) electrons. The summed E-state index contributed by atoms with van der Waals surface area (Å²) in [5.41, 5.74) is 4.24. The van der Waals surface area contributed by atoms with Crippen LogP contribution in [0.25, 0.3) is 0 Å². The maximum atomic E-state index is 12.5. The molecule has 0 heterocycles. The van der Waals surface area contributed by atoms with E-state index < -0.39 is 27.4 Å². The lowest BCUT2D eigenvalue weighted by Crippen LogP contribution is -2.11. The van der Waals surface area contributed by atoms with Gasteiger partial charge >= 0.3 is 6.18 Å². The zero-order valence-corrected chi connectivity index (χ0v) is 11.5. The molecular formula is C12H14F3NO3S. The highest BCUT2D eigenvalue weighted by atomic mass is 32.2. The number of halogens is 3. The first-order chi connectivity index (χ1) is 9.00. The molecule has 1 aromatic carbocycles. The molecule has 0 amide bonds. The van der Waals surface area contributed by atoms with Crippen LogP contribution in [0.2, 0.25) is 0 Å². The van der Waals surface area contributed by atoms with Gasteiger partial charge in [-0.15, -0.1) is 0 Å². The van der Waals surface area contributed by atoms with E-state index in [1.165, 1.54) is 0 Å². The van der Waals surface area contributed by atoms with E-state index in [1.54, 1.807) is 0 Å². The SMILES string of the molecule is CS(=O)(=O)CCCC(=O)c1cc(C(F)(F)F)ccc1N. The van der Waals surface area contributed by atoms with Gasteiger partial charge in [-0.25, -0.2) is 8.42 Å². The van der Waals surface area contributed by atoms with Gasteiger partial charge in [-0.3, -0.25) is 4.79 Å². The first-order valence-electron chi connectivity index (χ1n) is 5.68. The minimum absolute atomic E-state index is 0.0490. The quantitative estimate of drug-likeness (QED) is 0.669. The normalized spacial score (nSPS) is 12.4. The molecule has 0 aromatic heterocycles. The Morgan fingerprint density at radius 1 is 1.30 bits per heavy atom. The molecule has 0 unspecified atom stereocenters. The van der Waals surface area contributed by atoms with E-state index >= 15 is 0 Å². The molecule has 0 aliphatic heterocycles. The molecule has 4 nitrogen and oxygen atoms in total. The number of ketones is 1. The summed E-state index contributed by atoms with van der Waals surface area (Å²) in [5.74, 6) is -0.797. The van der Waals surface area contributed by atoms with Gasteiger partial charge in [0.15, 0.2) is 5.78 Å². The highest BCUT2D eigenvalue weighted by molar-refractivity contribution is 7.90. The lowest BCUT2D eigenvalue weighted by molar-refractivity contribution is -0.137. The molecule has 8 heteroatoms. The molecule has 2 N–H and O–H groups in total. The van der Waals surface area contributed by atoms with Crippen molar-refractivity contribution in [1.82, 2.24) is 0 Å². The van der Waals surface area contributed by atoms with Crippen molar-refractivity contribution in [2.75, 3.05) is 17.7 Å². The lowest BCUT2D eigenvalue weighted by Gasteiger charge is -2.10. The van der Waals surface area contributed by atoms with E-state index in [1.807, 2.05) is 0 Å². The number of nitrogen functional groups attached to an aromatic ring is 1. The van der Waals surface area contributed by atoms with Crippen LogP contribution in [0.15, 0.2) is 18.2 Å². The molecule has 0 saturated carbocycles. The number of carbonyl (C=O) groups is 1. The molecule has 0 saturated heterocycles. The number of hydrogen-bond acceptors (Lipinski definition) is 4. The summed E-state index contributed by atoms with van der Waals surface area (Å²) >= 11 is 0. The number of hydrogen-bond donors (Lipinski definition) is 1. The van der Waals surface area contributed by atoms with Crippen LogP contribution in [0.5, 0.6) is 0 Å². The third-order valence-electron chi connectivity index (χ3n) is 2.60. The second kappa shape index (κ2) is 5.82. The summed E-state index contributed by atoms with van der Waals surface area (Å²) in [4.78, 5) is 11.8. The number of carbonyl (C=O) groups excluding carboxylic acids is 1. The van der Waals surface area contributed by atoms with E-state index in [2.05, 4.69) is 0 Å². The summed E-state index contributed by atoms with van der Waals surface area (Å²) in [6.07, 6.45) is -3.66. The van der Waals surface area contributed by atoms with Crippen LogP contribution in [0.1, 0.15) is 28.8 Å². The summed E-state index contributed by atoms with van der Waals surface area (Å²) in [5, 5.41) is 0. The number of rotatable bonds is 5. The minimum atomic E-state index is -4.56. The van der Waals surface area contributed by atoms with Crippen LogP contribution in [-0.2, 0) is 16.0 Å². The van der Waals surface area contributed by atoms with Gasteiger partial charge in [-0.05, 0) is 24.6 Å². The Kier molecular flexibility index (Phi) is 4.80. The van der Waals surface area contributed by atoms with Gasteiger partial charge in [-0.1, -0.05) is 0 Å². The van der Waals surface area contributed by atoms with Gasteiger partial charge in [0, 0.05) is 23.9 Å². The average Bonchev–Trinajstić information content (AvgIpc) is 2.25. The van der Waals surface area contributed by atoms with Crippen molar-refractivity contribution in [1.29, 1.82) is 0 Å². The zero-order valence-electron chi connectivity index (χ0n) is 10.7. The smallest absolute Gasteiger partial charge is 0.398 e. The van der Waals surface area contributed by atoms with Gasteiger partial charge in [0.25, 0.3) is 0 Å². The first kappa shape index (κ1) is 16.5. The van der Waals surface area contributed by atoms with E-state index in [4.69, 9.17) is 5.73 Å². The Labute approximate surface area is 114 Å². The van der Waals surface area contributed by atoms with Crippen molar-refractivity contribution in [3.63, 3.8) is 0 Å². The lowest BCUT2D eigenvalue weighted by atomic mass is 10.0. The summed E-state index contributed by atoms with van der Waals surface area (Å²) < 4.78 is 59.5. The Morgan fingerprint density at radius 3 is 2.40 bits per heavy atom. The summed E-state index contributed by atoms with van der Waals surface area (Å²) in [6.45, 7) is 0. The molecule has 0 aliphatic carbocycles. The number of anilines is 1. The van der Waals surface area contributed by atoms with E-state index in [0.717, 1.165) is 18.4 Å². The topological polar surface area (TPSA) is 77.2 Å². The third kappa shape index (κ3) is 4.84. The summed E-state index contributed by atoms with van der Waals surface area (Å²) in [7, 11) is -3.21. The van der Waals surface area contributed by atoms with Crippen molar-refractivity contribution in [2.45, 2.75) is 19.0 Å². The van der Waals surface area contributed by atoms with Crippen molar-refractivity contribution in [3.05, 3.63) is 29.3 Å². The summed E-state index contributed by atoms with van der Waals surface area (Å²) in [6, 6.07) is 2.51. The predicted octanol–water partition coefficient (Wildman–Crippen LogP) is 2.30. The highest BCUT2D eigenvalue weighted by Crippen LogP contribution is 2.31. The molecule has 1 rings (SSSR count). The van der Waals surface area contributed by atoms with Crippen molar-refractivity contribution < 1.29 is 26.4 Å². The van der Waals surface area contributed by atoms with Gasteiger partial charge in [-0.2, -0.15) is 13.2 Å². The molecule has 0 aliphatic rings. The Bertz CT molecular complexity index is 609. The van der Waals surface area contributed by atoms with E-state index in [-0.39, 0.29) is 29.8 Å². The van der Waals surface area contributed by atoms with Crippen molar-refractivity contribution in [3.8, 4) is 0 Å². The molecule has 0 atom stereocenters. The van der Waals surface area contributed by atoms with Crippen LogP contribution in [0.4, 0.5) is 18.9 Å². The highest BCUT2D eigenvalue weighted by Gasteiger charge is 2.31. The molecule has 20 heavy (non-hydrogen) atoms. The van der Waals surface area contributed by atoms with Gasteiger partial charge in [0.1, 0.15) is 9.84 Å². The fourth-order valence-corrected chi connectivity index (χ4v) is 2.27. The Balaban J connectivity index is 2.87. The largest absolute Gasteiger partial charge is 0.416 e. The number of Topliss-reactive ketones (excluding diaryl/α,β-unsaturated/α-hetero) is 1. The maximum Gasteiger partial charge on any atom is 0.416 e. The number of sulfone groups is 1. The maximum absolute atomic E-state index is 12.5. The average molecular weight is 309 g/mol. The fraction of sp³-hybridized carbons (Fsp3) is 0.417. The van der Waals surface area contributed by atoms with Gasteiger partial charge < -0.3 is 5.73 Å². The third-order valence-corrected chi connectivity index (χ3v) is 3.63. The predicted molar refractivity (Wildman–Crippen MR) is 69.1 cm³/mol. The first-order valence-corrected chi connectivity index (χ1v) is 7.74. The van der Waals surface area contributed by atoms with Crippen LogP contribution in [-0.4, -0.2) is 26.2 Å². The minimum Gasteiger partial charge on any atom is -0.398 e. The molecule has 0 fully saturated rings. The van der Waals surface area contributed by atoms with E-state index in [0.29, 0.717) is 6.07 Å².